The van der Waals surface area contributed by atoms with E-state index < -0.39 is 28.4 Å². The Morgan fingerprint density at radius 1 is 1.18 bits per heavy atom. The van der Waals surface area contributed by atoms with Crippen LogP contribution in [0, 0.1) is 23.0 Å². The second kappa shape index (κ2) is 15.1. The number of nitro groups is 1. The lowest BCUT2D eigenvalue weighted by atomic mass is 9.99. The maximum Gasteiger partial charge on any atom is 0.423 e. The predicted octanol–water partition coefficient (Wildman–Crippen LogP) is 4.30. The van der Waals surface area contributed by atoms with Gasteiger partial charge in [-0.05, 0) is 49.2 Å². The molecule has 9 nitrogen and oxygen atoms in total. The van der Waals surface area contributed by atoms with Crippen molar-refractivity contribution in [3.63, 3.8) is 0 Å². The normalized spacial score (nSPS) is 15.3. The summed E-state index contributed by atoms with van der Waals surface area (Å²) >= 11 is 0. The topological polar surface area (TPSA) is 137 Å². The zero-order valence-corrected chi connectivity index (χ0v) is 22.3. The number of carbonyl (C=O) groups excluding carboxylic acids is 1. The van der Waals surface area contributed by atoms with Crippen LogP contribution in [0.2, 0.25) is 0 Å². The fourth-order valence-electron chi connectivity index (χ4n) is 3.98. The van der Waals surface area contributed by atoms with E-state index in [0.29, 0.717) is 12.1 Å². The number of benzene rings is 2. The number of amides is 1. The van der Waals surface area contributed by atoms with Crippen LogP contribution in [-0.2, 0) is 12.3 Å². The molecule has 1 heterocycles. The maximum atomic E-state index is 13.0. The summed E-state index contributed by atoms with van der Waals surface area (Å²) in [4.78, 5) is 25.7. The number of nitrogens with one attached hydrogen (secondary N) is 1. The number of terminal acetylenes is 1. The molecule has 1 fully saturated rings. The van der Waals surface area contributed by atoms with Crippen LogP contribution in [-0.4, -0.2) is 47.6 Å². The lowest BCUT2D eigenvalue weighted by Gasteiger charge is -2.27. The van der Waals surface area contributed by atoms with E-state index in [9.17, 15) is 28.1 Å². The number of ether oxygens (including phenoxy) is 1. The first-order chi connectivity index (χ1) is 18.4. The molecule has 1 unspecified atom stereocenters. The average Bonchev–Trinajstić information content (AvgIpc) is 3.40. The van der Waals surface area contributed by atoms with Gasteiger partial charge in [-0.25, -0.2) is 0 Å². The zero-order chi connectivity index (χ0) is 29.8. The summed E-state index contributed by atoms with van der Waals surface area (Å²) in [7, 11) is 0. The fourth-order valence-corrected chi connectivity index (χ4v) is 3.98. The van der Waals surface area contributed by atoms with Gasteiger partial charge in [0.1, 0.15) is 6.61 Å². The monoisotopic (exact) mass is 551 g/mol. The van der Waals surface area contributed by atoms with Gasteiger partial charge < -0.3 is 21.5 Å². The van der Waals surface area contributed by atoms with E-state index in [2.05, 4.69) is 30.0 Å². The van der Waals surface area contributed by atoms with Crippen molar-refractivity contribution in [1.29, 1.82) is 0 Å². The molecular formula is C27H36F3N5O4. The highest BCUT2D eigenvalue weighted by Gasteiger charge is 2.50. The molecule has 0 saturated carbocycles. The molecule has 1 aliphatic heterocycles. The summed E-state index contributed by atoms with van der Waals surface area (Å²) in [6.07, 6.45) is 5.21. The number of halogens is 3. The van der Waals surface area contributed by atoms with E-state index in [1.54, 1.807) is 0 Å². The zero-order valence-electron chi connectivity index (χ0n) is 22.3. The van der Waals surface area contributed by atoms with Crippen LogP contribution in [0.15, 0.2) is 42.5 Å². The number of likely N-dealkylation sites (tertiary alicyclic amines) is 1. The van der Waals surface area contributed by atoms with Crippen molar-refractivity contribution in [3.05, 3.63) is 69.3 Å². The number of hydrogen-bond acceptors (Lipinski definition) is 7. The number of nitro benzene ring substituents is 1. The summed E-state index contributed by atoms with van der Waals surface area (Å²) in [6, 6.07) is 9.05. The van der Waals surface area contributed by atoms with Crippen LogP contribution in [0.25, 0.3) is 0 Å². The van der Waals surface area contributed by atoms with Crippen LogP contribution >= 0.6 is 0 Å². The van der Waals surface area contributed by atoms with Crippen molar-refractivity contribution in [3.8, 4) is 18.6 Å². The van der Waals surface area contributed by atoms with Crippen molar-refractivity contribution in [2.24, 2.45) is 11.5 Å². The highest BCUT2D eigenvalue weighted by molar-refractivity contribution is 5.95. The Balaban J connectivity index is 0.00000181. The standard InChI is InChI=1S/C23H28F3N5O4.C2H6.C2H2/c1-2-30-11-3-4-18(30)13-29-21(32)16-7-10-20(19(12-16)31(33)34)35-14-15-5-8-17(9-6-15)22(27,28)23(24,25)26;2*1-2/h5-10,12,18H,2-4,11,13-14,27-28H2,1H3,(H,29,32);1-2H3;1-2H. The summed E-state index contributed by atoms with van der Waals surface area (Å²) in [5.74, 6) is -0.499. The summed E-state index contributed by atoms with van der Waals surface area (Å²) in [6.45, 7) is 8.23. The Bertz CT molecular complexity index is 1100. The molecule has 1 amide bonds. The van der Waals surface area contributed by atoms with Crippen LogP contribution in [0.5, 0.6) is 5.75 Å². The summed E-state index contributed by atoms with van der Waals surface area (Å²) in [5.41, 5.74) is 7.24. The number of likely N-dealkylation sites (N-methyl/N-ethyl adjacent to an activating group) is 1. The molecule has 5 N–H and O–H groups in total. The third-order valence-electron chi connectivity index (χ3n) is 6.12. The van der Waals surface area contributed by atoms with Crippen molar-refractivity contribution in [2.45, 2.75) is 58.1 Å². The van der Waals surface area contributed by atoms with E-state index in [0.717, 1.165) is 44.1 Å². The first-order valence-corrected chi connectivity index (χ1v) is 12.4. The Morgan fingerprint density at radius 2 is 1.79 bits per heavy atom. The van der Waals surface area contributed by atoms with Gasteiger partial charge in [-0.15, -0.1) is 12.8 Å². The molecule has 0 spiro atoms. The van der Waals surface area contributed by atoms with E-state index >= 15 is 0 Å². The van der Waals surface area contributed by atoms with Gasteiger partial charge in [0, 0.05) is 24.2 Å². The minimum absolute atomic E-state index is 0.0779. The molecule has 3 rings (SSSR count). The third kappa shape index (κ3) is 8.68. The highest BCUT2D eigenvalue weighted by atomic mass is 19.4. The second-order valence-electron chi connectivity index (χ2n) is 8.43. The van der Waals surface area contributed by atoms with Gasteiger partial charge in [-0.1, -0.05) is 45.0 Å². The van der Waals surface area contributed by atoms with E-state index in [1.165, 1.54) is 24.3 Å². The van der Waals surface area contributed by atoms with Gasteiger partial charge in [-0.2, -0.15) is 13.2 Å². The van der Waals surface area contributed by atoms with E-state index in [1.807, 2.05) is 13.8 Å². The van der Waals surface area contributed by atoms with Crippen LogP contribution in [0.3, 0.4) is 0 Å². The van der Waals surface area contributed by atoms with Crippen LogP contribution in [0.4, 0.5) is 18.9 Å². The molecule has 1 saturated heterocycles. The Hall–Kier alpha value is -3.66. The number of hydrogen-bond donors (Lipinski definition) is 3. The molecule has 1 atom stereocenters. The first kappa shape index (κ1) is 33.4. The van der Waals surface area contributed by atoms with Gasteiger partial charge in [0.15, 0.2) is 11.4 Å². The van der Waals surface area contributed by atoms with E-state index in [-0.39, 0.29) is 29.5 Å². The quantitative estimate of drug-likeness (QED) is 0.183. The van der Waals surface area contributed by atoms with Crippen molar-refractivity contribution >= 4 is 11.6 Å². The van der Waals surface area contributed by atoms with Crippen LogP contribution in [0.1, 0.15) is 55.1 Å². The molecule has 0 bridgehead atoms. The van der Waals surface area contributed by atoms with Gasteiger partial charge in [0.2, 0.25) is 0 Å². The lowest BCUT2D eigenvalue weighted by molar-refractivity contribution is -0.386. The molecule has 39 heavy (non-hydrogen) atoms. The SMILES string of the molecule is C#C.CC.CCN1CCCC1CNC(=O)c1ccc(OCc2ccc(C(N)(N)C(F)(F)F)cc2)c([N+](=O)[O-])c1. The van der Waals surface area contributed by atoms with Gasteiger partial charge in [0.25, 0.3) is 5.91 Å². The van der Waals surface area contributed by atoms with Gasteiger partial charge in [-0.3, -0.25) is 19.8 Å². The van der Waals surface area contributed by atoms with Crippen molar-refractivity contribution in [2.75, 3.05) is 19.6 Å². The number of alkyl halides is 3. The maximum absolute atomic E-state index is 13.0. The largest absolute Gasteiger partial charge is 0.482 e. The van der Waals surface area contributed by atoms with Crippen molar-refractivity contribution in [1.82, 2.24) is 10.2 Å². The van der Waals surface area contributed by atoms with Crippen LogP contribution < -0.4 is 21.5 Å². The smallest absolute Gasteiger partial charge is 0.423 e. The summed E-state index contributed by atoms with van der Waals surface area (Å²) in [5, 5.41) is 14.4. The second-order valence-corrected chi connectivity index (χ2v) is 8.43. The molecule has 214 valence electrons. The number of nitrogens with zero attached hydrogens (tertiary/aromatic N) is 2. The molecule has 12 heteroatoms. The number of carbonyl (C=O) groups is 1. The molecule has 0 aliphatic carbocycles. The van der Waals surface area contributed by atoms with Crippen molar-refractivity contribution < 1.29 is 27.6 Å². The number of nitrogens with two attached hydrogens (primary N) is 2. The average molecular weight is 552 g/mol. The molecule has 0 aromatic heterocycles. The molecule has 0 radical (unpaired) electrons. The van der Waals surface area contributed by atoms with Gasteiger partial charge in [0.05, 0.1) is 4.92 Å². The lowest BCUT2D eigenvalue weighted by Crippen LogP contribution is -2.57. The molecule has 2 aromatic rings. The predicted molar refractivity (Wildman–Crippen MR) is 144 cm³/mol. The molecule has 1 aliphatic rings. The van der Waals surface area contributed by atoms with E-state index in [4.69, 9.17) is 16.2 Å². The first-order valence-electron chi connectivity index (χ1n) is 12.4. The Labute approximate surface area is 226 Å². The van der Waals surface area contributed by atoms with Gasteiger partial charge >= 0.3 is 11.9 Å². The Kier molecular flexibility index (Phi) is 12.9. The summed E-state index contributed by atoms with van der Waals surface area (Å²) < 4.78 is 44.5. The minimum atomic E-state index is -4.84. The molecular weight excluding hydrogens is 515 g/mol. The minimum Gasteiger partial charge on any atom is -0.482 e. The Morgan fingerprint density at radius 3 is 2.33 bits per heavy atom. The highest BCUT2D eigenvalue weighted by Crippen LogP contribution is 2.33. The third-order valence-corrected chi connectivity index (χ3v) is 6.12. The fraction of sp³-hybridized carbons (Fsp3) is 0.444. The number of rotatable bonds is 9. The molecule has 2 aromatic carbocycles.